The first-order chi connectivity index (χ1) is 10.0. The molecule has 0 aromatic rings. The first-order valence-electron chi connectivity index (χ1n) is 8.34. The van der Waals surface area contributed by atoms with Crippen LogP contribution in [0, 0.1) is 11.8 Å². The minimum Gasteiger partial charge on any atom is -0.480 e. The van der Waals surface area contributed by atoms with Crippen molar-refractivity contribution in [2.75, 3.05) is 6.54 Å². The van der Waals surface area contributed by atoms with Crippen LogP contribution in [0.2, 0.25) is 0 Å². The number of nitrogens with zero attached hydrogens (tertiary/aromatic N) is 1. The Morgan fingerprint density at radius 2 is 1.90 bits per heavy atom. The van der Waals surface area contributed by atoms with E-state index in [0.29, 0.717) is 12.0 Å². The third-order valence-corrected chi connectivity index (χ3v) is 5.26. The van der Waals surface area contributed by atoms with Gasteiger partial charge in [0.15, 0.2) is 0 Å². The van der Waals surface area contributed by atoms with Crippen LogP contribution in [-0.4, -0.2) is 40.6 Å². The summed E-state index contributed by atoms with van der Waals surface area (Å²) >= 11 is 0. The van der Waals surface area contributed by atoms with Crippen LogP contribution in [0.5, 0.6) is 0 Å². The lowest BCUT2D eigenvalue weighted by molar-refractivity contribution is -0.140. The molecule has 21 heavy (non-hydrogen) atoms. The van der Waals surface area contributed by atoms with Crippen LogP contribution in [0.15, 0.2) is 0 Å². The molecular weight excluding hydrogens is 268 g/mol. The van der Waals surface area contributed by atoms with Gasteiger partial charge in [-0.15, -0.1) is 0 Å². The fourth-order valence-corrected chi connectivity index (χ4v) is 3.78. The fraction of sp³-hybridized carbons (Fsp3) is 0.875. The molecular formula is C16H28N2O3. The largest absolute Gasteiger partial charge is 0.480 e. The predicted octanol–water partition coefficient (Wildman–Crippen LogP) is 2.85. The van der Waals surface area contributed by atoms with Crippen LogP contribution >= 0.6 is 0 Å². The monoisotopic (exact) mass is 296 g/mol. The molecule has 1 aliphatic carbocycles. The Bertz CT molecular complexity index is 380. The summed E-state index contributed by atoms with van der Waals surface area (Å²) in [6.07, 6.45) is 7.80. The standard InChI is InChI=1S/C16H28N2O3/c1-3-11(2)14(15(19)20)17-16(21)18-10-6-9-13(18)12-7-4-5-8-12/h11-14H,3-10H2,1-2H3,(H,17,21)(H,19,20)/t11-,13?,14-/m0/s1. The molecule has 5 nitrogen and oxygen atoms in total. The molecule has 0 spiro atoms. The molecule has 3 atom stereocenters. The zero-order valence-corrected chi connectivity index (χ0v) is 13.2. The molecule has 0 aromatic carbocycles. The Kier molecular flexibility index (Phi) is 5.48. The van der Waals surface area contributed by atoms with Crippen LogP contribution < -0.4 is 5.32 Å². The van der Waals surface area contributed by atoms with E-state index in [1.54, 1.807) is 0 Å². The molecule has 1 saturated carbocycles. The Balaban J connectivity index is 1.98. The molecule has 1 heterocycles. The summed E-state index contributed by atoms with van der Waals surface area (Å²) in [5.74, 6) is -0.376. The second-order valence-electron chi connectivity index (χ2n) is 6.60. The van der Waals surface area contributed by atoms with Gasteiger partial charge in [-0.25, -0.2) is 9.59 Å². The van der Waals surface area contributed by atoms with E-state index < -0.39 is 12.0 Å². The van der Waals surface area contributed by atoms with E-state index in [2.05, 4.69) is 5.32 Å². The van der Waals surface area contributed by atoms with Crippen LogP contribution in [0.4, 0.5) is 4.79 Å². The summed E-state index contributed by atoms with van der Waals surface area (Å²) in [7, 11) is 0. The van der Waals surface area contributed by atoms with Gasteiger partial charge < -0.3 is 15.3 Å². The lowest BCUT2D eigenvalue weighted by Crippen LogP contribution is -2.52. The van der Waals surface area contributed by atoms with Gasteiger partial charge >= 0.3 is 12.0 Å². The van der Waals surface area contributed by atoms with Crippen molar-refractivity contribution in [1.82, 2.24) is 10.2 Å². The van der Waals surface area contributed by atoms with Gasteiger partial charge in [0, 0.05) is 12.6 Å². The second-order valence-corrected chi connectivity index (χ2v) is 6.60. The van der Waals surface area contributed by atoms with Gasteiger partial charge in [-0.2, -0.15) is 0 Å². The number of nitrogens with one attached hydrogen (secondary N) is 1. The maximum Gasteiger partial charge on any atom is 0.326 e. The van der Waals surface area contributed by atoms with Crippen molar-refractivity contribution in [1.29, 1.82) is 0 Å². The van der Waals surface area contributed by atoms with Gasteiger partial charge in [0.2, 0.25) is 0 Å². The number of urea groups is 1. The van der Waals surface area contributed by atoms with E-state index in [-0.39, 0.29) is 11.9 Å². The van der Waals surface area contributed by atoms with Gasteiger partial charge in [-0.05, 0) is 37.5 Å². The van der Waals surface area contributed by atoms with Gasteiger partial charge in [0.25, 0.3) is 0 Å². The van der Waals surface area contributed by atoms with Gasteiger partial charge in [0.1, 0.15) is 6.04 Å². The summed E-state index contributed by atoms with van der Waals surface area (Å²) in [6, 6.07) is -0.650. The van der Waals surface area contributed by atoms with Crippen LogP contribution in [0.1, 0.15) is 58.8 Å². The number of carboxylic acids is 1. The quantitative estimate of drug-likeness (QED) is 0.819. The lowest BCUT2D eigenvalue weighted by atomic mass is 9.96. The molecule has 1 unspecified atom stereocenters. The van der Waals surface area contributed by atoms with E-state index in [1.165, 1.54) is 25.7 Å². The number of hydrogen-bond acceptors (Lipinski definition) is 2. The SMILES string of the molecule is CC[C@H](C)[C@H](NC(=O)N1CCCC1C1CCCC1)C(=O)O. The van der Waals surface area contributed by atoms with E-state index >= 15 is 0 Å². The average molecular weight is 296 g/mol. The maximum atomic E-state index is 12.5. The molecule has 2 fully saturated rings. The van der Waals surface area contributed by atoms with Crippen LogP contribution in [0.3, 0.4) is 0 Å². The number of carboxylic acid groups (broad SMARTS) is 1. The lowest BCUT2D eigenvalue weighted by Gasteiger charge is -2.31. The summed E-state index contributed by atoms with van der Waals surface area (Å²) in [6.45, 7) is 4.58. The molecule has 2 rings (SSSR count). The molecule has 1 saturated heterocycles. The number of amides is 2. The summed E-state index contributed by atoms with van der Waals surface area (Å²) < 4.78 is 0. The topological polar surface area (TPSA) is 69.6 Å². The van der Waals surface area contributed by atoms with Crippen molar-refractivity contribution in [3.63, 3.8) is 0 Å². The molecule has 0 bridgehead atoms. The Morgan fingerprint density at radius 3 is 2.48 bits per heavy atom. The van der Waals surface area contributed by atoms with Crippen molar-refractivity contribution in [3.05, 3.63) is 0 Å². The van der Waals surface area contributed by atoms with Gasteiger partial charge in [-0.1, -0.05) is 33.1 Å². The average Bonchev–Trinajstić information content (AvgIpc) is 3.12. The molecule has 1 aliphatic heterocycles. The third-order valence-electron chi connectivity index (χ3n) is 5.26. The number of carbonyl (C=O) groups is 2. The molecule has 0 aromatic heterocycles. The molecule has 120 valence electrons. The first kappa shape index (κ1) is 16.1. The highest BCUT2D eigenvalue weighted by atomic mass is 16.4. The first-order valence-corrected chi connectivity index (χ1v) is 8.34. The smallest absolute Gasteiger partial charge is 0.326 e. The van der Waals surface area contributed by atoms with Crippen LogP contribution in [-0.2, 0) is 4.79 Å². The molecule has 2 amide bonds. The number of aliphatic carboxylic acids is 1. The molecule has 0 radical (unpaired) electrons. The zero-order chi connectivity index (χ0) is 15.4. The van der Waals surface area contributed by atoms with E-state index in [9.17, 15) is 14.7 Å². The minimum absolute atomic E-state index is 0.0565. The Morgan fingerprint density at radius 1 is 1.24 bits per heavy atom. The number of rotatable bonds is 5. The maximum absolute atomic E-state index is 12.5. The van der Waals surface area contributed by atoms with Crippen molar-refractivity contribution >= 4 is 12.0 Å². The number of hydrogen-bond donors (Lipinski definition) is 2. The Hall–Kier alpha value is -1.26. The minimum atomic E-state index is -0.936. The second kappa shape index (κ2) is 7.14. The van der Waals surface area contributed by atoms with E-state index in [1.807, 2.05) is 18.7 Å². The molecule has 2 N–H and O–H groups in total. The molecule has 5 heteroatoms. The van der Waals surface area contributed by atoms with E-state index in [0.717, 1.165) is 25.8 Å². The van der Waals surface area contributed by atoms with Crippen molar-refractivity contribution in [2.45, 2.75) is 70.9 Å². The fourth-order valence-electron chi connectivity index (χ4n) is 3.78. The molecule has 2 aliphatic rings. The van der Waals surface area contributed by atoms with Crippen molar-refractivity contribution < 1.29 is 14.7 Å². The highest BCUT2D eigenvalue weighted by Crippen LogP contribution is 2.35. The third kappa shape index (κ3) is 3.69. The Labute approximate surface area is 127 Å². The normalized spacial score (nSPS) is 25.8. The van der Waals surface area contributed by atoms with Crippen molar-refractivity contribution in [3.8, 4) is 0 Å². The number of likely N-dealkylation sites (tertiary alicyclic amines) is 1. The van der Waals surface area contributed by atoms with E-state index in [4.69, 9.17) is 0 Å². The summed E-state index contributed by atoms with van der Waals surface area (Å²) in [4.78, 5) is 25.8. The van der Waals surface area contributed by atoms with Gasteiger partial charge in [0.05, 0.1) is 0 Å². The summed E-state index contributed by atoms with van der Waals surface area (Å²) in [5, 5.41) is 12.1. The summed E-state index contributed by atoms with van der Waals surface area (Å²) in [5.41, 5.74) is 0. The highest BCUT2D eigenvalue weighted by molar-refractivity contribution is 5.83. The van der Waals surface area contributed by atoms with Gasteiger partial charge in [-0.3, -0.25) is 0 Å². The number of carbonyl (C=O) groups excluding carboxylic acids is 1. The predicted molar refractivity (Wildman–Crippen MR) is 81.1 cm³/mol. The van der Waals surface area contributed by atoms with Crippen molar-refractivity contribution in [2.24, 2.45) is 11.8 Å². The van der Waals surface area contributed by atoms with Crippen LogP contribution in [0.25, 0.3) is 0 Å². The zero-order valence-electron chi connectivity index (χ0n) is 13.2. The highest BCUT2D eigenvalue weighted by Gasteiger charge is 2.37.